The molecule has 2 saturated heterocycles. The van der Waals surface area contributed by atoms with E-state index in [4.69, 9.17) is 4.74 Å². The van der Waals surface area contributed by atoms with Gasteiger partial charge in [-0.1, -0.05) is 6.07 Å². The van der Waals surface area contributed by atoms with Crippen LogP contribution in [0.4, 0.5) is 4.79 Å². The molecular weight excluding hydrogens is 402 g/mol. The molecule has 29 heavy (non-hydrogen) atoms. The first-order chi connectivity index (χ1) is 13.6. The van der Waals surface area contributed by atoms with Crippen molar-refractivity contribution in [3.63, 3.8) is 0 Å². The molecule has 10 nitrogen and oxygen atoms in total. The van der Waals surface area contributed by atoms with Crippen LogP contribution in [0.2, 0.25) is 0 Å². The van der Waals surface area contributed by atoms with Gasteiger partial charge in [0, 0.05) is 26.1 Å². The number of aryl methyl sites for hydroxylation is 2. The van der Waals surface area contributed by atoms with Gasteiger partial charge in [-0.05, 0) is 37.1 Å². The minimum absolute atomic E-state index is 0.0114. The van der Waals surface area contributed by atoms with Crippen LogP contribution in [-0.4, -0.2) is 79.0 Å². The Morgan fingerprint density at radius 3 is 2.62 bits per heavy atom. The molecule has 0 aromatic heterocycles. The Balaban J connectivity index is 1.73. The Morgan fingerprint density at radius 2 is 2.00 bits per heavy atom. The van der Waals surface area contributed by atoms with Crippen LogP contribution in [-0.2, 0) is 24.3 Å². The molecule has 2 aliphatic heterocycles. The van der Waals surface area contributed by atoms with E-state index < -0.39 is 46.7 Å². The van der Waals surface area contributed by atoms with E-state index in [0.29, 0.717) is 6.54 Å². The topological polar surface area (TPSA) is 133 Å². The number of sulfonamides is 1. The first kappa shape index (κ1) is 21.2. The van der Waals surface area contributed by atoms with Gasteiger partial charge in [-0.3, -0.25) is 14.5 Å². The minimum Gasteiger partial charge on any atom is -0.454 e. The maximum Gasteiger partial charge on any atom is 0.325 e. The summed E-state index contributed by atoms with van der Waals surface area (Å²) in [6, 6.07) is 2.80. The number of esters is 1. The van der Waals surface area contributed by atoms with Gasteiger partial charge in [0.2, 0.25) is 10.0 Å². The van der Waals surface area contributed by atoms with Gasteiger partial charge in [-0.25, -0.2) is 13.2 Å². The standard InChI is InChI=1S/C18H23N3O7S/c1-11-3-4-14(7-12(11)2)29(26,27)21-9-13(22)8-15(21)17(24)28-10-16(23)20-6-5-19-18(20)25/h3-4,7,13,15,22H,5-6,8-10H2,1-2H3,(H,19,25)/t13?,15-/m0/s1. The zero-order chi connectivity index (χ0) is 21.3. The highest BCUT2D eigenvalue weighted by Gasteiger charge is 2.44. The Morgan fingerprint density at radius 1 is 1.28 bits per heavy atom. The lowest BCUT2D eigenvalue weighted by Crippen LogP contribution is -2.43. The van der Waals surface area contributed by atoms with E-state index in [1.165, 1.54) is 12.1 Å². The maximum absolute atomic E-state index is 13.0. The van der Waals surface area contributed by atoms with Crippen LogP contribution in [0, 0.1) is 13.8 Å². The number of aliphatic hydroxyl groups is 1. The molecule has 2 N–H and O–H groups in total. The van der Waals surface area contributed by atoms with Crippen LogP contribution >= 0.6 is 0 Å². The molecule has 0 saturated carbocycles. The van der Waals surface area contributed by atoms with Crippen LogP contribution in [0.1, 0.15) is 17.5 Å². The van der Waals surface area contributed by atoms with Crippen molar-refractivity contribution in [1.29, 1.82) is 0 Å². The highest BCUT2D eigenvalue weighted by molar-refractivity contribution is 7.89. The zero-order valence-corrected chi connectivity index (χ0v) is 16.9. The molecule has 2 atom stereocenters. The summed E-state index contributed by atoms with van der Waals surface area (Å²) in [6.07, 6.45) is -1.17. The second-order valence-electron chi connectivity index (χ2n) is 7.11. The Hall–Kier alpha value is -2.50. The fourth-order valence-electron chi connectivity index (χ4n) is 3.29. The summed E-state index contributed by atoms with van der Waals surface area (Å²) in [5, 5.41) is 12.4. The van der Waals surface area contributed by atoms with E-state index >= 15 is 0 Å². The molecule has 1 unspecified atom stereocenters. The van der Waals surface area contributed by atoms with Gasteiger partial charge >= 0.3 is 12.0 Å². The molecule has 0 bridgehead atoms. The monoisotopic (exact) mass is 425 g/mol. The Kier molecular flexibility index (Phi) is 5.92. The highest BCUT2D eigenvalue weighted by atomic mass is 32.2. The van der Waals surface area contributed by atoms with Gasteiger partial charge in [0.25, 0.3) is 5.91 Å². The highest BCUT2D eigenvalue weighted by Crippen LogP contribution is 2.28. The largest absolute Gasteiger partial charge is 0.454 e. The van der Waals surface area contributed by atoms with E-state index in [9.17, 15) is 27.9 Å². The van der Waals surface area contributed by atoms with E-state index in [-0.39, 0.29) is 24.4 Å². The molecule has 2 aliphatic rings. The fourth-order valence-corrected chi connectivity index (χ4v) is 5.00. The smallest absolute Gasteiger partial charge is 0.325 e. The number of hydrogen-bond donors (Lipinski definition) is 2. The number of amides is 3. The maximum atomic E-state index is 13.0. The van der Waals surface area contributed by atoms with Crippen LogP contribution in [0.3, 0.4) is 0 Å². The lowest BCUT2D eigenvalue weighted by atomic mass is 10.1. The van der Waals surface area contributed by atoms with Crippen LogP contribution in [0.25, 0.3) is 0 Å². The van der Waals surface area contributed by atoms with E-state index in [2.05, 4.69) is 5.32 Å². The summed E-state index contributed by atoms with van der Waals surface area (Å²) in [5.74, 6) is -1.64. The first-order valence-electron chi connectivity index (χ1n) is 9.13. The average Bonchev–Trinajstić information content (AvgIpc) is 3.27. The van der Waals surface area contributed by atoms with Gasteiger partial charge in [-0.15, -0.1) is 0 Å². The minimum atomic E-state index is -4.06. The lowest BCUT2D eigenvalue weighted by molar-refractivity contribution is -0.153. The second-order valence-corrected chi connectivity index (χ2v) is 9.00. The van der Waals surface area contributed by atoms with Crippen molar-refractivity contribution in [3.05, 3.63) is 29.3 Å². The SMILES string of the molecule is Cc1ccc(S(=O)(=O)N2CC(O)C[C@H]2C(=O)OCC(=O)N2CCNC2=O)cc1C. The van der Waals surface area contributed by atoms with Crippen molar-refractivity contribution < 1.29 is 32.6 Å². The number of urea groups is 1. The number of benzene rings is 1. The molecule has 0 spiro atoms. The van der Waals surface area contributed by atoms with E-state index in [1.54, 1.807) is 13.0 Å². The number of aliphatic hydroxyl groups excluding tert-OH is 1. The summed E-state index contributed by atoms with van der Waals surface area (Å²) in [5.41, 5.74) is 1.70. The van der Waals surface area contributed by atoms with Crippen LogP contribution < -0.4 is 5.32 Å². The average molecular weight is 425 g/mol. The molecule has 2 heterocycles. The van der Waals surface area contributed by atoms with Crippen molar-refractivity contribution in [2.24, 2.45) is 0 Å². The summed E-state index contributed by atoms with van der Waals surface area (Å²) >= 11 is 0. The van der Waals surface area contributed by atoms with E-state index in [0.717, 1.165) is 20.3 Å². The third kappa shape index (κ3) is 4.26. The van der Waals surface area contributed by atoms with Crippen molar-refractivity contribution in [2.45, 2.75) is 37.3 Å². The second kappa shape index (κ2) is 8.09. The van der Waals surface area contributed by atoms with Crippen LogP contribution in [0.15, 0.2) is 23.1 Å². The van der Waals surface area contributed by atoms with Crippen molar-refractivity contribution in [2.75, 3.05) is 26.2 Å². The van der Waals surface area contributed by atoms with Gasteiger partial charge in [0.05, 0.1) is 11.0 Å². The van der Waals surface area contributed by atoms with Crippen LogP contribution in [0.5, 0.6) is 0 Å². The lowest BCUT2D eigenvalue weighted by Gasteiger charge is -2.23. The molecule has 3 rings (SSSR count). The Labute approximate surface area is 168 Å². The number of β-amino-alcohol motifs (C(OH)–C–C–N with tert-alkyl or cyclic N) is 1. The van der Waals surface area contributed by atoms with Crippen molar-refractivity contribution in [1.82, 2.24) is 14.5 Å². The van der Waals surface area contributed by atoms with Gasteiger partial charge < -0.3 is 15.2 Å². The summed E-state index contributed by atoms with van der Waals surface area (Å²) < 4.78 is 31.9. The molecule has 2 fully saturated rings. The van der Waals surface area contributed by atoms with Gasteiger partial charge in [0.1, 0.15) is 6.04 Å². The quantitative estimate of drug-likeness (QED) is 0.609. The number of ether oxygens (including phenoxy) is 1. The normalized spacial score (nSPS) is 22.6. The first-order valence-corrected chi connectivity index (χ1v) is 10.6. The third-order valence-corrected chi connectivity index (χ3v) is 6.96. The van der Waals surface area contributed by atoms with Crippen molar-refractivity contribution in [3.8, 4) is 0 Å². The number of nitrogens with one attached hydrogen (secondary N) is 1. The third-order valence-electron chi connectivity index (χ3n) is 5.09. The summed E-state index contributed by atoms with van der Waals surface area (Å²) in [4.78, 5) is 36.9. The van der Waals surface area contributed by atoms with Crippen molar-refractivity contribution >= 4 is 27.9 Å². The molecule has 3 amide bonds. The zero-order valence-electron chi connectivity index (χ0n) is 16.1. The predicted octanol–water partition coefficient (Wildman–Crippen LogP) is -0.478. The summed E-state index contributed by atoms with van der Waals surface area (Å²) in [6.45, 7) is 3.18. The molecule has 11 heteroatoms. The van der Waals surface area contributed by atoms with E-state index in [1.807, 2.05) is 6.92 Å². The molecule has 158 valence electrons. The summed E-state index contributed by atoms with van der Waals surface area (Å²) in [7, 11) is -4.06. The number of imide groups is 1. The number of hydrogen-bond acceptors (Lipinski definition) is 7. The van der Waals surface area contributed by atoms with Gasteiger partial charge in [0.15, 0.2) is 6.61 Å². The number of carbonyl (C=O) groups excluding carboxylic acids is 3. The Bertz CT molecular complexity index is 947. The molecule has 0 radical (unpaired) electrons. The number of rotatable bonds is 5. The number of carbonyl (C=O) groups is 3. The number of nitrogens with zero attached hydrogens (tertiary/aromatic N) is 2. The molecule has 1 aromatic rings. The molecule has 1 aromatic carbocycles. The molecule has 0 aliphatic carbocycles. The van der Waals surface area contributed by atoms with Gasteiger partial charge in [-0.2, -0.15) is 4.31 Å². The fraction of sp³-hybridized carbons (Fsp3) is 0.500. The molecular formula is C18H23N3O7S. The predicted molar refractivity (Wildman–Crippen MR) is 100 cm³/mol.